The summed E-state index contributed by atoms with van der Waals surface area (Å²) >= 11 is 10.7. The molecule has 0 atom stereocenters. The summed E-state index contributed by atoms with van der Waals surface area (Å²) in [5, 5.41) is 7.10. The lowest BCUT2D eigenvalue weighted by Crippen LogP contribution is -2.19. The minimum atomic E-state index is -4.38. The number of aromatic nitrogens is 5. The van der Waals surface area contributed by atoms with Crippen molar-refractivity contribution in [3.8, 4) is 17.2 Å². The molecule has 0 bridgehead atoms. The van der Waals surface area contributed by atoms with Crippen molar-refractivity contribution in [2.75, 3.05) is 10.0 Å². The number of carbonyl (C=O) groups is 1. The maximum Gasteiger partial charge on any atom is 0.264 e. The van der Waals surface area contributed by atoms with Crippen molar-refractivity contribution in [1.82, 2.24) is 24.7 Å². The molecule has 0 fully saturated rings. The number of hydrogen-bond acceptors (Lipinski definition) is 8. The topological polar surface area (TPSA) is 132 Å². The van der Waals surface area contributed by atoms with Gasteiger partial charge in [0.05, 0.1) is 27.3 Å². The predicted octanol–water partition coefficient (Wildman–Crippen LogP) is 6.18. The molecule has 6 aromatic rings. The minimum absolute atomic E-state index is 0.0341. The average molecular weight is 628 g/mol. The zero-order valence-corrected chi connectivity index (χ0v) is 24.9. The Kier molecular flexibility index (Phi) is 7.57. The highest BCUT2D eigenvalue weighted by molar-refractivity contribution is 7.93. The van der Waals surface area contributed by atoms with Crippen LogP contribution in [0.4, 0.5) is 11.5 Å². The summed E-state index contributed by atoms with van der Waals surface area (Å²) in [6, 6.07) is 25.9. The van der Waals surface area contributed by atoms with E-state index in [0.717, 1.165) is 5.56 Å². The van der Waals surface area contributed by atoms with Crippen LogP contribution in [0.1, 0.15) is 15.9 Å². The van der Waals surface area contributed by atoms with Crippen molar-refractivity contribution in [3.05, 3.63) is 113 Å². The number of aryl methyl sites for hydroxylation is 1. The first-order valence-corrected chi connectivity index (χ1v) is 15.2. The van der Waals surface area contributed by atoms with E-state index in [1.54, 1.807) is 53.2 Å². The maximum absolute atomic E-state index is 13.9. The number of para-hydroxylation sites is 3. The first-order chi connectivity index (χ1) is 20.7. The number of halogens is 1. The molecule has 6 rings (SSSR count). The van der Waals surface area contributed by atoms with Gasteiger partial charge in [0.25, 0.3) is 15.9 Å². The van der Waals surface area contributed by atoms with Gasteiger partial charge in [-0.1, -0.05) is 59.6 Å². The molecule has 2 N–H and O–H groups in total. The molecule has 1 amide bonds. The first kappa shape index (κ1) is 28.3. The lowest BCUT2D eigenvalue weighted by molar-refractivity contribution is 0.102. The molecule has 0 spiro atoms. The van der Waals surface area contributed by atoms with Crippen LogP contribution in [0.15, 0.2) is 107 Å². The number of anilines is 2. The van der Waals surface area contributed by atoms with Gasteiger partial charge in [-0.2, -0.15) is 5.10 Å². The van der Waals surface area contributed by atoms with Crippen molar-refractivity contribution in [3.63, 3.8) is 0 Å². The standard InChI is InChI=1S/C30H22ClN7O3S2/c1-18-11-13-20(14-12-18)38-29(32-17-33-38)27-28(36-24-10-6-5-9-23(24)35-27)37-43(40,41)26-15-21(22(31)16-25(26)42)30(39)34-19-7-3-2-4-8-19/h2-17,42H,1H3,(H,34,39)(H,36,37). The van der Waals surface area contributed by atoms with Gasteiger partial charge < -0.3 is 5.32 Å². The minimum Gasteiger partial charge on any atom is -0.322 e. The van der Waals surface area contributed by atoms with E-state index in [1.165, 1.54) is 18.5 Å². The van der Waals surface area contributed by atoms with Crippen LogP contribution in [0, 0.1) is 6.92 Å². The van der Waals surface area contributed by atoms with Crippen molar-refractivity contribution in [2.24, 2.45) is 0 Å². The highest BCUT2D eigenvalue weighted by Crippen LogP contribution is 2.32. The second kappa shape index (κ2) is 11.5. The fraction of sp³-hybridized carbons (Fsp3) is 0.0333. The van der Waals surface area contributed by atoms with Gasteiger partial charge in [-0.05, 0) is 55.5 Å². The molecule has 214 valence electrons. The monoisotopic (exact) mass is 627 g/mol. The largest absolute Gasteiger partial charge is 0.322 e. The zero-order valence-electron chi connectivity index (χ0n) is 22.4. The van der Waals surface area contributed by atoms with Crippen LogP contribution in [-0.2, 0) is 10.0 Å². The molecular weight excluding hydrogens is 606 g/mol. The number of carbonyl (C=O) groups excluding carboxylic acids is 1. The van der Waals surface area contributed by atoms with Gasteiger partial charge in [0.15, 0.2) is 17.3 Å². The molecule has 10 nitrogen and oxygen atoms in total. The van der Waals surface area contributed by atoms with Gasteiger partial charge in [-0.25, -0.2) is 28.1 Å². The first-order valence-electron chi connectivity index (χ1n) is 12.9. The van der Waals surface area contributed by atoms with Crippen molar-refractivity contribution >= 4 is 62.7 Å². The van der Waals surface area contributed by atoms with Crippen LogP contribution >= 0.6 is 24.2 Å². The Bertz CT molecular complexity index is 2100. The Morgan fingerprint density at radius 1 is 0.907 bits per heavy atom. The van der Waals surface area contributed by atoms with Gasteiger partial charge >= 0.3 is 0 Å². The summed E-state index contributed by atoms with van der Waals surface area (Å²) in [4.78, 5) is 26.5. The Morgan fingerprint density at radius 2 is 1.58 bits per heavy atom. The van der Waals surface area contributed by atoms with E-state index < -0.39 is 15.9 Å². The molecule has 0 aliphatic carbocycles. The van der Waals surface area contributed by atoms with Gasteiger partial charge in [-0.15, -0.1) is 12.6 Å². The number of nitrogens with zero attached hydrogens (tertiary/aromatic N) is 5. The Labute approximate surface area is 257 Å². The fourth-order valence-corrected chi connectivity index (χ4v) is 6.33. The van der Waals surface area contributed by atoms with Crippen LogP contribution in [0.2, 0.25) is 5.02 Å². The van der Waals surface area contributed by atoms with E-state index in [9.17, 15) is 13.2 Å². The molecule has 4 aromatic carbocycles. The van der Waals surface area contributed by atoms with Crippen LogP contribution in [0.5, 0.6) is 0 Å². The van der Waals surface area contributed by atoms with Gasteiger partial charge in [0.2, 0.25) is 0 Å². The third-order valence-electron chi connectivity index (χ3n) is 6.45. The number of hydrogen-bond donors (Lipinski definition) is 3. The van der Waals surface area contributed by atoms with Gasteiger partial charge in [-0.3, -0.25) is 9.52 Å². The SMILES string of the molecule is Cc1ccc(-n2ncnc2-c2nc3ccccc3nc2NS(=O)(=O)c2cc(C(=O)Nc3ccccc3)c(Cl)cc2S)cc1. The third kappa shape index (κ3) is 5.80. The molecule has 0 unspecified atom stereocenters. The number of sulfonamides is 1. The van der Waals surface area contributed by atoms with Gasteiger partial charge in [0.1, 0.15) is 11.2 Å². The van der Waals surface area contributed by atoms with Crippen molar-refractivity contribution in [1.29, 1.82) is 0 Å². The van der Waals surface area contributed by atoms with E-state index in [4.69, 9.17) is 16.6 Å². The summed E-state index contributed by atoms with van der Waals surface area (Å²) < 4.78 is 31.8. The van der Waals surface area contributed by atoms with Crippen LogP contribution in [0.25, 0.3) is 28.2 Å². The van der Waals surface area contributed by atoms with Gasteiger partial charge in [0, 0.05) is 10.6 Å². The lowest BCUT2D eigenvalue weighted by atomic mass is 10.2. The molecule has 0 aliphatic rings. The summed E-state index contributed by atoms with van der Waals surface area (Å²) in [5.74, 6) is -0.402. The van der Waals surface area contributed by atoms with Crippen LogP contribution in [-0.4, -0.2) is 39.1 Å². The number of rotatable bonds is 7. The zero-order chi connectivity index (χ0) is 30.1. The Hall–Kier alpha value is -4.78. The second-order valence-corrected chi connectivity index (χ2v) is 12.0. The van der Waals surface area contributed by atoms with E-state index in [2.05, 4.69) is 37.7 Å². The molecule has 0 saturated carbocycles. The molecule has 2 aromatic heterocycles. The highest BCUT2D eigenvalue weighted by atomic mass is 35.5. The molecule has 0 radical (unpaired) electrons. The van der Waals surface area contributed by atoms with Crippen molar-refractivity contribution < 1.29 is 13.2 Å². The molecule has 43 heavy (non-hydrogen) atoms. The molecule has 0 saturated heterocycles. The number of benzene rings is 4. The number of amides is 1. The quantitative estimate of drug-likeness (QED) is 0.180. The lowest BCUT2D eigenvalue weighted by Gasteiger charge is -2.15. The summed E-state index contributed by atoms with van der Waals surface area (Å²) in [6.07, 6.45) is 1.35. The molecular formula is C30H22ClN7O3S2. The van der Waals surface area contributed by atoms with Crippen LogP contribution < -0.4 is 10.0 Å². The maximum atomic E-state index is 13.9. The van der Waals surface area contributed by atoms with Crippen LogP contribution in [0.3, 0.4) is 0 Å². The predicted molar refractivity (Wildman–Crippen MR) is 169 cm³/mol. The molecule has 2 heterocycles. The summed E-state index contributed by atoms with van der Waals surface area (Å²) in [7, 11) is -4.38. The average Bonchev–Trinajstić information content (AvgIpc) is 3.47. The third-order valence-corrected chi connectivity index (χ3v) is 8.67. The fourth-order valence-electron chi connectivity index (χ4n) is 4.34. The summed E-state index contributed by atoms with van der Waals surface area (Å²) in [6.45, 7) is 1.97. The molecule has 13 heteroatoms. The Morgan fingerprint density at radius 3 is 2.30 bits per heavy atom. The second-order valence-electron chi connectivity index (χ2n) is 9.47. The van der Waals surface area contributed by atoms with E-state index in [1.807, 2.05) is 37.3 Å². The normalized spacial score (nSPS) is 11.4. The smallest absolute Gasteiger partial charge is 0.264 e. The number of fused-ring (bicyclic) bond motifs is 1. The van der Waals surface area contributed by atoms with E-state index >= 15 is 0 Å². The molecule has 0 aliphatic heterocycles. The van der Waals surface area contributed by atoms with E-state index in [-0.39, 0.29) is 37.7 Å². The number of nitrogens with one attached hydrogen (secondary N) is 2. The van der Waals surface area contributed by atoms with E-state index in [0.29, 0.717) is 22.4 Å². The number of thiol groups is 1. The highest BCUT2D eigenvalue weighted by Gasteiger charge is 2.26. The summed E-state index contributed by atoms with van der Waals surface area (Å²) in [5.41, 5.74) is 3.37. The Balaban J connectivity index is 1.43. The van der Waals surface area contributed by atoms with Crippen molar-refractivity contribution in [2.45, 2.75) is 16.7 Å².